The van der Waals surface area contributed by atoms with Gasteiger partial charge in [0.05, 0.1) is 0 Å². The Morgan fingerprint density at radius 2 is 2.17 bits per heavy atom. The van der Waals surface area contributed by atoms with Gasteiger partial charge in [0.15, 0.2) is 0 Å². The van der Waals surface area contributed by atoms with E-state index >= 15 is 0 Å². The van der Waals surface area contributed by atoms with E-state index in [1.807, 2.05) is 27.0 Å². The number of allylic oxidation sites excluding steroid dienone is 1. The Labute approximate surface area is 74.6 Å². The summed E-state index contributed by atoms with van der Waals surface area (Å²) >= 11 is 0. The zero-order valence-corrected chi connectivity index (χ0v) is 8.37. The molecular formula is C9H19NO2. The zero-order valence-electron chi connectivity index (χ0n) is 8.37. The van der Waals surface area contributed by atoms with E-state index in [2.05, 4.69) is 0 Å². The predicted octanol–water partition coefficient (Wildman–Crippen LogP) is 1.54. The summed E-state index contributed by atoms with van der Waals surface area (Å²) in [6.45, 7) is 6.00. The van der Waals surface area contributed by atoms with Crippen LogP contribution in [0.2, 0.25) is 0 Å². The van der Waals surface area contributed by atoms with Crippen LogP contribution in [0.15, 0.2) is 11.8 Å². The lowest BCUT2D eigenvalue weighted by molar-refractivity contribution is -0.0443. The molecule has 1 unspecified atom stereocenters. The van der Waals surface area contributed by atoms with Crippen LogP contribution in [0.25, 0.3) is 0 Å². The molecule has 0 rings (SSSR count). The molecule has 0 spiro atoms. The van der Waals surface area contributed by atoms with Gasteiger partial charge in [-0.2, -0.15) is 0 Å². The second kappa shape index (κ2) is 6.03. The first kappa shape index (κ1) is 11.5. The van der Waals surface area contributed by atoms with E-state index in [0.29, 0.717) is 0 Å². The highest BCUT2D eigenvalue weighted by molar-refractivity contribution is 4.92. The van der Waals surface area contributed by atoms with Crippen molar-refractivity contribution in [2.24, 2.45) is 0 Å². The first-order chi connectivity index (χ1) is 5.65. The van der Waals surface area contributed by atoms with E-state index in [9.17, 15) is 0 Å². The van der Waals surface area contributed by atoms with Crippen molar-refractivity contribution in [3.05, 3.63) is 11.8 Å². The van der Waals surface area contributed by atoms with Gasteiger partial charge in [0, 0.05) is 13.3 Å². The van der Waals surface area contributed by atoms with Crippen LogP contribution in [0.3, 0.4) is 0 Å². The lowest BCUT2D eigenvalue weighted by Gasteiger charge is -2.26. The SMILES string of the molecule is CCC(OC)N(C=C(C)C)CO. The summed E-state index contributed by atoms with van der Waals surface area (Å²) in [6, 6.07) is 0. The number of methoxy groups -OCH3 is 1. The van der Waals surface area contributed by atoms with Crippen molar-refractivity contribution >= 4 is 0 Å². The van der Waals surface area contributed by atoms with E-state index in [4.69, 9.17) is 9.84 Å². The molecule has 0 saturated carbocycles. The van der Waals surface area contributed by atoms with Gasteiger partial charge < -0.3 is 14.7 Å². The molecule has 0 aromatic rings. The maximum absolute atomic E-state index is 9.01. The Hall–Kier alpha value is -0.540. The number of nitrogens with zero attached hydrogens (tertiary/aromatic N) is 1. The Bertz CT molecular complexity index is 137. The second-order valence-corrected chi connectivity index (χ2v) is 2.96. The second-order valence-electron chi connectivity index (χ2n) is 2.96. The molecule has 1 atom stereocenters. The van der Waals surface area contributed by atoms with Gasteiger partial charge in [-0.05, 0) is 20.3 Å². The third-order valence-corrected chi connectivity index (χ3v) is 1.58. The number of aliphatic hydroxyl groups is 1. The molecule has 3 nitrogen and oxygen atoms in total. The molecule has 3 heteroatoms. The first-order valence-electron chi connectivity index (χ1n) is 4.20. The van der Waals surface area contributed by atoms with E-state index in [1.165, 1.54) is 0 Å². The summed E-state index contributed by atoms with van der Waals surface area (Å²) in [5.41, 5.74) is 1.15. The van der Waals surface area contributed by atoms with Crippen molar-refractivity contribution in [1.82, 2.24) is 4.90 Å². The first-order valence-corrected chi connectivity index (χ1v) is 4.20. The number of ether oxygens (including phenoxy) is 1. The van der Waals surface area contributed by atoms with Gasteiger partial charge in [0.1, 0.15) is 13.0 Å². The summed E-state index contributed by atoms with van der Waals surface area (Å²) < 4.78 is 5.17. The average molecular weight is 173 g/mol. The Balaban J connectivity index is 4.21. The molecule has 0 heterocycles. The molecule has 0 aliphatic rings. The summed E-state index contributed by atoms with van der Waals surface area (Å²) in [5.74, 6) is 0. The van der Waals surface area contributed by atoms with E-state index < -0.39 is 0 Å². The molecule has 0 aliphatic carbocycles. The highest BCUT2D eigenvalue weighted by Crippen LogP contribution is 2.06. The lowest BCUT2D eigenvalue weighted by Crippen LogP contribution is -2.32. The minimum atomic E-state index is -0.0232. The summed E-state index contributed by atoms with van der Waals surface area (Å²) in [4.78, 5) is 1.77. The molecule has 1 N–H and O–H groups in total. The van der Waals surface area contributed by atoms with Crippen LogP contribution in [0.1, 0.15) is 27.2 Å². The van der Waals surface area contributed by atoms with Gasteiger partial charge in [-0.1, -0.05) is 12.5 Å². The van der Waals surface area contributed by atoms with Crippen LogP contribution in [0.5, 0.6) is 0 Å². The molecule has 0 amide bonds. The van der Waals surface area contributed by atoms with E-state index in [0.717, 1.165) is 12.0 Å². The number of aliphatic hydroxyl groups excluding tert-OH is 1. The molecule has 0 saturated heterocycles. The van der Waals surface area contributed by atoms with Crippen molar-refractivity contribution in [3.8, 4) is 0 Å². The van der Waals surface area contributed by atoms with E-state index in [1.54, 1.807) is 12.0 Å². The predicted molar refractivity (Wildman–Crippen MR) is 49.4 cm³/mol. The van der Waals surface area contributed by atoms with Crippen LogP contribution >= 0.6 is 0 Å². The van der Waals surface area contributed by atoms with Crippen molar-refractivity contribution in [2.75, 3.05) is 13.8 Å². The van der Waals surface area contributed by atoms with Gasteiger partial charge in [0.2, 0.25) is 0 Å². The van der Waals surface area contributed by atoms with Crippen molar-refractivity contribution < 1.29 is 9.84 Å². The fourth-order valence-corrected chi connectivity index (χ4v) is 1.08. The topological polar surface area (TPSA) is 32.7 Å². The Kier molecular flexibility index (Phi) is 5.76. The van der Waals surface area contributed by atoms with Crippen LogP contribution in [0.4, 0.5) is 0 Å². The van der Waals surface area contributed by atoms with E-state index in [-0.39, 0.29) is 13.0 Å². The van der Waals surface area contributed by atoms with Crippen LogP contribution in [0, 0.1) is 0 Å². The van der Waals surface area contributed by atoms with Crippen LogP contribution < -0.4 is 0 Å². The summed E-state index contributed by atoms with van der Waals surface area (Å²) in [5, 5.41) is 9.01. The molecule has 0 aliphatic heterocycles. The number of rotatable bonds is 5. The molecular weight excluding hydrogens is 154 g/mol. The largest absolute Gasteiger partial charge is 0.376 e. The monoisotopic (exact) mass is 173 g/mol. The lowest BCUT2D eigenvalue weighted by atomic mass is 10.3. The average Bonchev–Trinajstić information content (AvgIpc) is 2.04. The third kappa shape index (κ3) is 3.74. The van der Waals surface area contributed by atoms with Crippen molar-refractivity contribution in [2.45, 2.75) is 33.4 Å². The Morgan fingerprint density at radius 3 is 2.42 bits per heavy atom. The minimum absolute atomic E-state index is 0.00245. The maximum atomic E-state index is 9.01. The molecule has 0 fully saturated rings. The number of hydrogen-bond acceptors (Lipinski definition) is 3. The summed E-state index contributed by atoms with van der Waals surface area (Å²) in [7, 11) is 1.65. The summed E-state index contributed by atoms with van der Waals surface area (Å²) in [6.07, 6.45) is 2.74. The Morgan fingerprint density at radius 1 is 1.58 bits per heavy atom. The fraction of sp³-hybridized carbons (Fsp3) is 0.778. The third-order valence-electron chi connectivity index (χ3n) is 1.58. The maximum Gasteiger partial charge on any atom is 0.130 e. The highest BCUT2D eigenvalue weighted by atomic mass is 16.5. The van der Waals surface area contributed by atoms with Gasteiger partial charge in [-0.25, -0.2) is 0 Å². The number of hydrogen-bond donors (Lipinski definition) is 1. The molecule has 0 radical (unpaired) electrons. The molecule has 72 valence electrons. The standard InChI is InChI=1S/C9H19NO2/c1-5-9(12-4)10(7-11)6-8(2)3/h6,9,11H,5,7H2,1-4H3. The highest BCUT2D eigenvalue weighted by Gasteiger charge is 2.10. The zero-order chi connectivity index (χ0) is 9.56. The van der Waals surface area contributed by atoms with Gasteiger partial charge >= 0.3 is 0 Å². The molecule has 0 aromatic heterocycles. The normalized spacial score (nSPS) is 12.4. The van der Waals surface area contributed by atoms with Crippen LogP contribution in [-0.4, -0.2) is 30.1 Å². The van der Waals surface area contributed by atoms with Gasteiger partial charge in [0.25, 0.3) is 0 Å². The fourth-order valence-electron chi connectivity index (χ4n) is 1.08. The van der Waals surface area contributed by atoms with Gasteiger partial charge in [-0.15, -0.1) is 0 Å². The minimum Gasteiger partial charge on any atom is -0.376 e. The van der Waals surface area contributed by atoms with Crippen LogP contribution in [-0.2, 0) is 4.74 Å². The molecule has 12 heavy (non-hydrogen) atoms. The van der Waals surface area contributed by atoms with Crippen molar-refractivity contribution in [3.63, 3.8) is 0 Å². The molecule has 0 bridgehead atoms. The van der Waals surface area contributed by atoms with Gasteiger partial charge in [-0.3, -0.25) is 0 Å². The quantitative estimate of drug-likeness (QED) is 0.640. The van der Waals surface area contributed by atoms with Crippen molar-refractivity contribution in [1.29, 1.82) is 0 Å². The molecule has 0 aromatic carbocycles. The smallest absolute Gasteiger partial charge is 0.130 e.